The standard InChI is InChI=1S/C18H37N/c1-7-8-9-15-12-17(18(4,5)6)11-10-16(15)13-19-14(2)3/h14-17,19H,7-13H2,1-6H3. The fourth-order valence-corrected chi connectivity index (χ4v) is 3.59. The monoisotopic (exact) mass is 267 g/mol. The molecule has 1 aliphatic rings. The van der Waals surface area contributed by atoms with Gasteiger partial charge >= 0.3 is 0 Å². The van der Waals surface area contributed by atoms with Gasteiger partial charge in [-0.15, -0.1) is 0 Å². The van der Waals surface area contributed by atoms with Gasteiger partial charge in [0.05, 0.1) is 0 Å². The van der Waals surface area contributed by atoms with Crippen LogP contribution in [-0.2, 0) is 0 Å². The molecule has 0 amide bonds. The average molecular weight is 268 g/mol. The van der Waals surface area contributed by atoms with Gasteiger partial charge in [0.25, 0.3) is 0 Å². The summed E-state index contributed by atoms with van der Waals surface area (Å²) in [5, 5.41) is 3.68. The maximum absolute atomic E-state index is 3.68. The summed E-state index contributed by atoms with van der Waals surface area (Å²) in [5.74, 6) is 2.82. The summed E-state index contributed by atoms with van der Waals surface area (Å²) in [6.07, 6.45) is 8.56. The zero-order chi connectivity index (χ0) is 14.5. The summed E-state index contributed by atoms with van der Waals surface area (Å²) in [7, 11) is 0. The van der Waals surface area contributed by atoms with Gasteiger partial charge in [-0.25, -0.2) is 0 Å². The lowest BCUT2D eigenvalue weighted by Crippen LogP contribution is -2.38. The van der Waals surface area contributed by atoms with Crippen molar-refractivity contribution in [3.8, 4) is 0 Å². The van der Waals surface area contributed by atoms with E-state index in [4.69, 9.17) is 0 Å². The predicted molar refractivity (Wildman–Crippen MR) is 86.4 cm³/mol. The van der Waals surface area contributed by atoms with E-state index in [9.17, 15) is 0 Å². The van der Waals surface area contributed by atoms with E-state index in [1.165, 1.54) is 45.1 Å². The van der Waals surface area contributed by atoms with Crippen molar-refractivity contribution in [1.29, 1.82) is 0 Å². The number of hydrogen-bond donors (Lipinski definition) is 1. The molecule has 0 saturated heterocycles. The zero-order valence-corrected chi connectivity index (χ0v) is 14.3. The number of nitrogens with one attached hydrogen (secondary N) is 1. The molecule has 1 fully saturated rings. The maximum atomic E-state index is 3.68. The molecule has 0 aromatic heterocycles. The third-order valence-corrected chi connectivity index (χ3v) is 5.08. The summed E-state index contributed by atoms with van der Waals surface area (Å²) < 4.78 is 0. The quantitative estimate of drug-likeness (QED) is 0.693. The fraction of sp³-hybridized carbons (Fsp3) is 1.00. The van der Waals surface area contributed by atoms with Crippen molar-refractivity contribution < 1.29 is 0 Å². The summed E-state index contributed by atoms with van der Waals surface area (Å²) in [6.45, 7) is 15.4. The van der Waals surface area contributed by atoms with Crippen LogP contribution >= 0.6 is 0 Å². The second-order valence-corrected chi connectivity index (χ2v) is 8.10. The highest BCUT2D eigenvalue weighted by molar-refractivity contribution is 4.86. The van der Waals surface area contributed by atoms with Crippen molar-refractivity contribution in [1.82, 2.24) is 5.32 Å². The van der Waals surface area contributed by atoms with Crippen molar-refractivity contribution >= 4 is 0 Å². The van der Waals surface area contributed by atoms with Crippen LogP contribution in [0.4, 0.5) is 0 Å². The van der Waals surface area contributed by atoms with E-state index in [0.29, 0.717) is 11.5 Å². The number of unbranched alkanes of at least 4 members (excludes halogenated alkanes) is 1. The van der Waals surface area contributed by atoms with Crippen LogP contribution in [0.2, 0.25) is 0 Å². The Morgan fingerprint density at radius 2 is 1.79 bits per heavy atom. The second-order valence-electron chi connectivity index (χ2n) is 8.10. The zero-order valence-electron chi connectivity index (χ0n) is 14.3. The number of rotatable bonds is 6. The lowest BCUT2D eigenvalue weighted by Gasteiger charge is -2.42. The first-order chi connectivity index (χ1) is 8.84. The minimum atomic E-state index is 0.501. The highest BCUT2D eigenvalue weighted by atomic mass is 14.9. The van der Waals surface area contributed by atoms with Crippen LogP contribution in [0.15, 0.2) is 0 Å². The summed E-state index contributed by atoms with van der Waals surface area (Å²) >= 11 is 0. The van der Waals surface area contributed by atoms with E-state index in [1.54, 1.807) is 0 Å². The molecule has 114 valence electrons. The van der Waals surface area contributed by atoms with Gasteiger partial charge in [0, 0.05) is 6.04 Å². The van der Waals surface area contributed by atoms with Crippen LogP contribution in [0, 0.1) is 23.2 Å². The van der Waals surface area contributed by atoms with Crippen molar-refractivity contribution in [3.63, 3.8) is 0 Å². The van der Waals surface area contributed by atoms with Gasteiger partial charge in [-0.2, -0.15) is 0 Å². The van der Waals surface area contributed by atoms with Crippen molar-refractivity contribution in [2.75, 3.05) is 6.54 Å². The first-order valence-electron chi connectivity index (χ1n) is 8.58. The molecule has 1 N–H and O–H groups in total. The molecule has 0 aromatic rings. The third kappa shape index (κ3) is 5.85. The lowest BCUT2D eigenvalue weighted by molar-refractivity contribution is 0.0904. The lowest BCUT2D eigenvalue weighted by atomic mass is 9.64. The molecule has 1 rings (SSSR count). The van der Waals surface area contributed by atoms with Crippen molar-refractivity contribution in [2.24, 2.45) is 23.2 Å². The minimum Gasteiger partial charge on any atom is -0.314 e. The van der Waals surface area contributed by atoms with Crippen LogP contribution in [0.1, 0.15) is 80.1 Å². The Labute approximate surface area is 121 Å². The van der Waals surface area contributed by atoms with Gasteiger partial charge in [0.2, 0.25) is 0 Å². The average Bonchev–Trinajstić information content (AvgIpc) is 2.32. The van der Waals surface area contributed by atoms with E-state index < -0.39 is 0 Å². The van der Waals surface area contributed by atoms with E-state index in [2.05, 4.69) is 46.9 Å². The van der Waals surface area contributed by atoms with Crippen molar-refractivity contribution in [3.05, 3.63) is 0 Å². The first-order valence-corrected chi connectivity index (χ1v) is 8.58. The third-order valence-electron chi connectivity index (χ3n) is 5.08. The van der Waals surface area contributed by atoms with Gasteiger partial charge in [0.15, 0.2) is 0 Å². The SMILES string of the molecule is CCCCC1CC(C(C)(C)C)CCC1CNC(C)C. The Balaban J connectivity index is 2.56. The smallest absolute Gasteiger partial charge is 0.00104 e. The largest absolute Gasteiger partial charge is 0.314 e. The van der Waals surface area contributed by atoms with Gasteiger partial charge in [0.1, 0.15) is 0 Å². The van der Waals surface area contributed by atoms with Gasteiger partial charge in [-0.3, -0.25) is 0 Å². The fourth-order valence-electron chi connectivity index (χ4n) is 3.59. The predicted octanol–water partition coefficient (Wildman–Crippen LogP) is 5.25. The summed E-state index contributed by atoms with van der Waals surface area (Å²) in [4.78, 5) is 0. The van der Waals surface area contributed by atoms with E-state index in [1.807, 2.05) is 0 Å². The molecule has 0 radical (unpaired) electrons. The first kappa shape index (κ1) is 17.0. The van der Waals surface area contributed by atoms with Crippen LogP contribution < -0.4 is 5.32 Å². The van der Waals surface area contributed by atoms with Crippen LogP contribution in [0.5, 0.6) is 0 Å². The van der Waals surface area contributed by atoms with Crippen molar-refractivity contribution in [2.45, 2.75) is 86.1 Å². The molecule has 0 bridgehead atoms. The van der Waals surface area contributed by atoms with Gasteiger partial charge < -0.3 is 5.32 Å². The molecule has 3 unspecified atom stereocenters. The van der Waals surface area contributed by atoms with Gasteiger partial charge in [-0.05, 0) is 49.0 Å². The highest BCUT2D eigenvalue weighted by Gasteiger charge is 2.35. The normalized spacial score (nSPS) is 28.9. The molecule has 1 heteroatoms. The molecule has 3 atom stereocenters. The molecule has 1 saturated carbocycles. The van der Waals surface area contributed by atoms with Crippen LogP contribution in [0.25, 0.3) is 0 Å². The van der Waals surface area contributed by atoms with E-state index >= 15 is 0 Å². The summed E-state index contributed by atoms with van der Waals surface area (Å²) in [6, 6.07) is 0.632. The topological polar surface area (TPSA) is 12.0 Å². The number of hydrogen-bond acceptors (Lipinski definition) is 1. The molecule has 0 heterocycles. The molecule has 0 spiro atoms. The molecular formula is C18H37N. The van der Waals surface area contributed by atoms with Crippen LogP contribution in [-0.4, -0.2) is 12.6 Å². The Morgan fingerprint density at radius 3 is 2.32 bits per heavy atom. The molecule has 1 aliphatic carbocycles. The van der Waals surface area contributed by atoms with E-state index in [-0.39, 0.29) is 0 Å². The summed E-state index contributed by atoms with van der Waals surface area (Å²) in [5.41, 5.74) is 0.501. The molecule has 0 aromatic carbocycles. The Morgan fingerprint density at radius 1 is 1.11 bits per heavy atom. The Bertz CT molecular complexity index is 239. The highest BCUT2D eigenvalue weighted by Crippen LogP contribution is 2.44. The maximum Gasteiger partial charge on any atom is 0.00104 e. The van der Waals surface area contributed by atoms with Crippen LogP contribution in [0.3, 0.4) is 0 Å². The molecular weight excluding hydrogens is 230 g/mol. The molecule has 19 heavy (non-hydrogen) atoms. The second kappa shape index (κ2) is 7.67. The van der Waals surface area contributed by atoms with E-state index in [0.717, 1.165) is 17.8 Å². The Hall–Kier alpha value is -0.0400. The molecule has 1 nitrogen and oxygen atoms in total. The molecule has 0 aliphatic heterocycles. The van der Waals surface area contributed by atoms with Gasteiger partial charge in [-0.1, -0.05) is 60.8 Å². The minimum absolute atomic E-state index is 0.501. The Kier molecular flexibility index (Phi) is 6.86.